The Balaban J connectivity index is 1.67. The van der Waals surface area contributed by atoms with Crippen LogP contribution in [-0.2, 0) is 4.79 Å². The van der Waals surface area contributed by atoms with Gasteiger partial charge in [-0.3, -0.25) is 4.79 Å². The summed E-state index contributed by atoms with van der Waals surface area (Å²) >= 11 is 0. The lowest BCUT2D eigenvalue weighted by molar-refractivity contribution is -0.120. The molecular weight excluding hydrogens is 236 g/mol. The van der Waals surface area contributed by atoms with E-state index >= 15 is 0 Å². The average Bonchev–Trinajstić information content (AvgIpc) is 3.06. The molecule has 110 valence electrons. The molecule has 0 spiro atoms. The summed E-state index contributed by atoms with van der Waals surface area (Å²) in [5, 5.41) is 6.43. The summed E-state index contributed by atoms with van der Waals surface area (Å²) in [4.78, 5) is 11.9. The van der Waals surface area contributed by atoms with Crippen LogP contribution in [0, 0.1) is 17.3 Å². The lowest BCUT2D eigenvalue weighted by Gasteiger charge is -2.31. The van der Waals surface area contributed by atoms with Crippen LogP contribution in [0.3, 0.4) is 0 Å². The van der Waals surface area contributed by atoms with Gasteiger partial charge in [-0.1, -0.05) is 26.7 Å². The van der Waals surface area contributed by atoms with Gasteiger partial charge in [0.1, 0.15) is 0 Å². The van der Waals surface area contributed by atoms with Gasteiger partial charge in [-0.25, -0.2) is 0 Å². The zero-order valence-electron chi connectivity index (χ0n) is 12.6. The quantitative estimate of drug-likeness (QED) is 0.709. The van der Waals surface area contributed by atoms with E-state index in [-0.39, 0.29) is 5.91 Å². The molecule has 0 atom stereocenters. The highest BCUT2D eigenvalue weighted by Crippen LogP contribution is 2.42. The number of hydrogen-bond acceptors (Lipinski definition) is 2. The molecule has 19 heavy (non-hydrogen) atoms. The topological polar surface area (TPSA) is 41.1 Å². The van der Waals surface area contributed by atoms with Crippen molar-refractivity contribution in [2.45, 2.75) is 58.8 Å². The summed E-state index contributed by atoms with van der Waals surface area (Å²) in [5.41, 5.74) is 0.389. The minimum absolute atomic E-state index is 0.177. The Hall–Kier alpha value is -0.570. The molecule has 2 saturated carbocycles. The number of carbonyl (C=O) groups excluding carboxylic acids is 1. The summed E-state index contributed by atoms with van der Waals surface area (Å²) in [6.07, 6.45) is 9.19. The second kappa shape index (κ2) is 6.74. The molecule has 0 aliphatic heterocycles. The molecule has 2 aliphatic carbocycles. The Morgan fingerprint density at radius 2 is 1.95 bits per heavy atom. The van der Waals surface area contributed by atoms with Crippen LogP contribution in [0.15, 0.2) is 0 Å². The average molecular weight is 266 g/mol. The summed E-state index contributed by atoms with van der Waals surface area (Å²) < 4.78 is 0. The normalized spacial score (nSPS) is 21.8. The van der Waals surface area contributed by atoms with Crippen molar-refractivity contribution in [3.63, 3.8) is 0 Å². The highest BCUT2D eigenvalue weighted by atomic mass is 16.1. The zero-order chi connectivity index (χ0) is 13.7. The maximum atomic E-state index is 11.9. The molecule has 0 aromatic carbocycles. The summed E-state index contributed by atoms with van der Waals surface area (Å²) in [7, 11) is 0. The second-order valence-electron chi connectivity index (χ2n) is 7.16. The first kappa shape index (κ1) is 14.8. The van der Waals surface area contributed by atoms with Crippen molar-refractivity contribution in [2.75, 3.05) is 19.6 Å². The molecule has 0 unspecified atom stereocenters. The van der Waals surface area contributed by atoms with Crippen molar-refractivity contribution in [1.29, 1.82) is 0 Å². The van der Waals surface area contributed by atoms with E-state index in [0.717, 1.165) is 24.9 Å². The number of nitrogens with one attached hydrogen (secondary N) is 2. The van der Waals surface area contributed by atoms with Gasteiger partial charge in [0, 0.05) is 6.54 Å². The van der Waals surface area contributed by atoms with Crippen molar-refractivity contribution in [3.8, 4) is 0 Å². The second-order valence-corrected chi connectivity index (χ2v) is 7.16. The molecule has 3 heteroatoms. The van der Waals surface area contributed by atoms with E-state index in [2.05, 4.69) is 24.5 Å². The van der Waals surface area contributed by atoms with Crippen molar-refractivity contribution < 1.29 is 4.79 Å². The Labute approximate surface area is 117 Å². The van der Waals surface area contributed by atoms with Crippen LogP contribution < -0.4 is 10.6 Å². The van der Waals surface area contributed by atoms with Gasteiger partial charge in [0.05, 0.1) is 6.54 Å². The third-order valence-corrected chi connectivity index (χ3v) is 4.58. The van der Waals surface area contributed by atoms with E-state index < -0.39 is 0 Å². The summed E-state index contributed by atoms with van der Waals surface area (Å²) in [6, 6.07) is 0. The van der Waals surface area contributed by atoms with Crippen LogP contribution in [0.1, 0.15) is 58.8 Å². The van der Waals surface area contributed by atoms with E-state index in [9.17, 15) is 4.79 Å². The van der Waals surface area contributed by atoms with Crippen molar-refractivity contribution >= 4 is 5.91 Å². The summed E-state index contributed by atoms with van der Waals surface area (Å²) in [6.45, 7) is 6.98. The molecule has 0 bridgehead atoms. The highest BCUT2D eigenvalue weighted by molar-refractivity contribution is 5.78. The first-order chi connectivity index (χ1) is 9.10. The van der Waals surface area contributed by atoms with E-state index in [4.69, 9.17) is 0 Å². The van der Waals surface area contributed by atoms with Gasteiger partial charge in [-0.15, -0.1) is 0 Å². The Morgan fingerprint density at radius 3 is 2.53 bits per heavy atom. The summed E-state index contributed by atoms with van der Waals surface area (Å²) in [5.74, 6) is 1.74. The van der Waals surface area contributed by atoms with Crippen LogP contribution in [0.5, 0.6) is 0 Å². The molecule has 0 aromatic rings. The minimum atomic E-state index is 0.177. The van der Waals surface area contributed by atoms with Gasteiger partial charge < -0.3 is 10.6 Å². The molecular formula is C16H30N2O. The first-order valence-electron chi connectivity index (χ1n) is 8.07. The van der Waals surface area contributed by atoms with E-state index in [1.807, 2.05) is 0 Å². The number of amides is 1. The van der Waals surface area contributed by atoms with Crippen molar-refractivity contribution in [3.05, 3.63) is 0 Å². The fourth-order valence-corrected chi connectivity index (χ4v) is 3.50. The predicted octanol–water partition coefficient (Wildman–Crippen LogP) is 2.71. The van der Waals surface area contributed by atoms with Gasteiger partial charge in [-0.05, 0) is 55.9 Å². The lowest BCUT2D eigenvalue weighted by atomic mass is 9.78. The third kappa shape index (κ3) is 5.13. The van der Waals surface area contributed by atoms with E-state index in [1.165, 1.54) is 44.9 Å². The molecule has 2 fully saturated rings. The van der Waals surface area contributed by atoms with Gasteiger partial charge >= 0.3 is 0 Å². The molecule has 2 rings (SSSR count). The number of hydrogen-bond donors (Lipinski definition) is 2. The Morgan fingerprint density at radius 1 is 1.26 bits per heavy atom. The van der Waals surface area contributed by atoms with Crippen molar-refractivity contribution in [2.24, 2.45) is 17.3 Å². The molecule has 0 heterocycles. The van der Waals surface area contributed by atoms with Crippen LogP contribution in [-0.4, -0.2) is 25.5 Å². The minimum Gasteiger partial charge on any atom is -0.354 e. The van der Waals surface area contributed by atoms with Crippen LogP contribution in [0.2, 0.25) is 0 Å². The van der Waals surface area contributed by atoms with Crippen LogP contribution >= 0.6 is 0 Å². The van der Waals surface area contributed by atoms with E-state index in [0.29, 0.717) is 12.0 Å². The monoisotopic (exact) mass is 266 g/mol. The molecule has 1 amide bonds. The lowest BCUT2D eigenvalue weighted by Crippen LogP contribution is -2.41. The van der Waals surface area contributed by atoms with Gasteiger partial charge in [0.2, 0.25) is 5.91 Å². The fraction of sp³-hybridized carbons (Fsp3) is 0.938. The molecule has 2 aliphatic rings. The standard InChI is InChI=1S/C16H30N2O/c1-13(2)9-16(7-3-4-8-16)12-18-15(19)11-17-10-14-5-6-14/h13-14,17H,3-12H2,1-2H3,(H,18,19). The SMILES string of the molecule is CC(C)CC1(CNC(=O)CNCC2CC2)CCCC1. The molecule has 0 aromatic heterocycles. The molecule has 2 N–H and O–H groups in total. The third-order valence-electron chi connectivity index (χ3n) is 4.58. The van der Waals surface area contributed by atoms with Gasteiger partial charge in [-0.2, -0.15) is 0 Å². The van der Waals surface area contributed by atoms with Gasteiger partial charge in [0.25, 0.3) is 0 Å². The van der Waals surface area contributed by atoms with Crippen LogP contribution in [0.4, 0.5) is 0 Å². The molecule has 3 nitrogen and oxygen atoms in total. The maximum Gasteiger partial charge on any atom is 0.233 e. The van der Waals surface area contributed by atoms with Gasteiger partial charge in [0.15, 0.2) is 0 Å². The highest BCUT2D eigenvalue weighted by Gasteiger charge is 2.34. The van der Waals surface area contributed by atoms with Crippen molar-refractivity contribution in [1.82, 2.24) is 10.6 Å². The molecule has 0 radical (unpaired) electrons. The maximum absolute atomic E-state index is 11.9. The predicted molar refractivity (Wildman–Crippen MR) is 79.0 cm³/mol. The Bertz CT molecular complexity index is 291. The smallest absolute Gasteiger partial charge is 0.233 e. The molecule has 0 saturated heterocycles. The largest absolute Gasteiger partial charge is 0.354 e. The Kier molecular flexibility index (Phi) is 5.26. The fourth-order valence-electron chi connectivity index (χ4n) is 3.50. The zero-order valence-corrected chi connectivity index (χ0v) is 12.6. The van der Waals surface area contributed by atoms with E-state index in [1.54, 1.807) is 0 Å². The number of carbonyl (C=O) groups is 1. The first-order valence-corrected chi connectivity index (χ1v) is 8.07. The number of rotatable bonds is 8. The van der Waals surface area contributed by atoms with Crippen LogP contribution in [0.25, 0.3) is 0 Å².